The smallest absolute Gasteiger partial charge is 0.244 e. The molecular weight excluding hydrogens is 358 g/mol. The summed E-state index contributed by atoms with van der Waals surface area (Å²) in [5, 5.41) is 2.58. The number of benzene rings is 1. The summed E-state index contributed by atoms with van der Waals surface area (Å²) >= 11 is 1.40. The molecule has 0 unspecified atom stereocenters. The van der Waals surface area contributed by atoms with Gasteiger partial charge in [-0.2, -0.15) is 0 Å². The van der Waals surface area contributed by atoms with Gasteiger partial charge in [-0.15, -0.1) is 11.3 Å². The first-order chi connectivity index (χ1) is 12.0. The highest BCUT2D eigenvalue weighted by Gasteiger charge is 2.20. The Balaban J connectivity index is 1.77. The highest BCUT2D eigenvalue weighted by atomic mass is 32.2. The number of nitrogens with one attached hydrogen (secondary N) is 1. The van der Waals surface area contributed by atoms with E-state index in [2.05, 4.69) is 14.7 Å². The molecule has 0 radical (unpaired) electrons. The van der Waals surface area contributed by atoms with E-state index >= 15 is 0 Å². The van der Waals surface area contributed by atoms with Gasteiger partial charge in [0.2, 0.25) is 10.0 Å². The minimum absolute atomic E-state index is 0.120. The van der Waals surface area contributed by atoms with E-state index in [0.29, 0.717) is 10.8 Å². The first kappa shape index (κ1) is 17.5. The van der Waals surface area contributed by atoms with Crippen LogP contribution in [0.15, 0.2) is 53.0 Å². The van der Waals surface area contributed by atoms with Gasteiger partial charge in [-0.1, -0.05) is 6.07 Å². The van der Waals surface area contributed by atoms with Crippen LogP contribution in [0.25, 0.3) is 11.3 Å². The van der Waals surface area contributed by atoms with E-state index in [-0.39, 0.29) is 11.4 Å². The molecule has 8 heteroatoms. The van der Waals surface area contributed by atoms with Crippen LogP contribution < -0.4 is 9.46 Å². The molecule has 0 spiro atoms. The highest BCUT2D eigenvalue weighted by molar-refractivity contribution is 7.89. The molecule has 0 aliphatic heterocycles. The number of rotatable bonds is 6. The molecule has 0 saturated carbocycles. The van der Waals surface area contributed by atoms with E-state index in [1.54, 1.807) is 30.6 Å². The largest absolute Gasteiger partial charge is 0.495 e. The van der Waals surface area contributed by atoms with Crippen LogP contribution in [0, 0.1) is 6.92 Å². The van der Waals surface area contributed by atoms with Crippen molar-refractivity contribution in [2.24, 2.45) is 0 Å². The predicted octanol–water partition coefficient (Wildman–Crippen LogP) is 3.00. The van der Waals surface area contributed by atoms with Crippen molar-refractivity contribution in [3.63, 3.8) is 0 Å². The van der Waals surface area contributed by atoms with Gasteiger partial charge in [0, 0.05) is 23.3 Å². The van der Waals surface area contributed by atoms with Crippen LogP contribution in [0.3, 0.4) is 0 Å². The Morgan fingerprint density at radius 3 is 2.68 bits per heavy atom. The van der Waals surface area contributed by atoms with Gasteiger partial charge in [0.1, 0.15) is 15.7 Å². The second-order valence-corrected chi connectivity index (χ2v) is 8.02. The molecule has 25 heavy (non-hydrogen) atoms. The Hall–Kier alpha value is -2.29. The van der Waals surface area contributed by atoms with Crippen molar-refractivity contribution in [3.8, 4) is 17.0 Å². The number of hydrogen-bond donors (Lipinski definition) is 1. The Labute approximate surface area is 150 Å². The standard InChI is InChI=1S/C17H17N3O3S2/c1-12-3-4-15(23-2)16(9-12)25(21,22)19-10-17-20-14(11-24-17)13-5-7-18-8-6-13/h3-9,11,19H,10H2,1-2H3. The van der Waals surface area contributed by atoms with Crippen LogP contribution in [0.5, 0.6) is 5.75 Å². The number of aromatic nitrogens is 2. The second kappa shape index (κ2) is 7.30. The normalized spacial score (nSPS) is 11.4. The lowest BCUT2D eigenvalue weighted by Gasteiger charge is -2.10. The Morgan fingerprint density at radius 1 is 1.20 bits per heavy atom. The third kappa shape index (κ3) is 4.04. The number of nitrogens with zero attached hydrogens (tertiary/aromatic N) is 2. The second-order valence-electron chi connectivity index (χ2n) is 5.34. The van der Waals surface area contributed by atoms with Crippen LogP contribution >= 0.6 is 11.3 Å². The molecule has 6 nitrogen and oxygen atoms in total. The maximum atomic E-state index is 12.6. The van der Waals surface area contributed by atoms with Crippen LogP contribution in [-0.4, -0.2) is 25.5 Å². The molecule has 2 aromatic heterocycles. The molecule has 130 valence electrons. The lowest BCUT2D eigenvalue weighted by molar-refractivity contribution is 0.402. The summed E-state index contributed by atoms with van der Waals surface area (Å²) in [7, 11) is -2.25. The Morgan fingerprint density at radius 2 is 1.96 bits per heavy atom. The van der Waals surface area contributed by atoms with Crippen molar-refractivity contribution < 1.29 is 13.2 Å². The monoisotopic (exact) mass is 375 g/mol. The summed E-state index contributed by atoms with van der Waals surface area (Å²) in [4.78, 5) is 8.57. The van der Waals surface area contributed by atoms with Crippen LogP contribution in [0.4, 0.5) is 0 Å². The third-order valence-corrected chi connectivity index (χ3v) is 5.82. The number of hydrogen-bond acceptors (Lipinski definition) is 6. The van der Waals surface area contributed by atoms with Crippen molar-refractivity contribution in [2.75, 3.05) is 7.11 Å². The van der Waals surface area contributed by atoms with Gasteiger partial charge in [-0.3, -0.25) is 4.98 Å². The maximum absolute atomic E-state index is 12.6. The molecule has 0 fully saturated rings. The maximum Gasteiger partial charge on any atom is 0.244 e. The van der Waals surface area contributed by atoms with E-state index in [1.807, 2.05) is 24.4 Å². The van der Waals surface area contributed by atoms with Crippen LogP contribution in [0.1, 0.15) is 10.6 Å². The summed E-state index contributed by atoms with van der Waals surface area (Å²) in [6.07, 6.45) is 3.39. The molecule has 1 aromatic carbocycles. The van der Waals surface area contributed by atoms with E-state index in [0.717, 1.165) is 16.8 Å². The third-order valence-electron chi connectivity index (χ3n) is 3.55. The number of thiazole rings is 1. The SMILES string of the molecule is COc1ccc(C)cc1S(=O)(=O)NCc1nc(-c2ccncc2)cs1. The molecule has 1 N–H and O–H groups in total. The molecule has 0 bridgehead atoms. The average Bonchev–Trinajstić information content (AvgIpc) is 3.10. The molecule has 0 saturated heterocycles. The van der Waals surface area contributed by atoms with Gasteiger partial charge in [-0.05, 0) is 36.8 Å². The molecule has 3 aromatic rings. The van der Waals surface area contributed by atoms with Crippen molar-refractivity contribution >= 4 is 21.4 Å². The summed E-state index contributed by atoms with van der Waals surface area (Å²) < 4.78 is 32.9. The lowest BCUT2D eigenvalue weighted by atomic mass is 10.2. The van der Waals surface area contributed by atoms with E-state index in [4.69, 9.17) is 4.74 Å². The van der Waals surface area contributed by atoms with E-state index in [1.165, 1.54) is 18.4 Å². The number of methoxy groups -OCH3 is 1. The van der Waals surface area contributed by atoms with E-state index < -0.39 is 10.0 Å². The fraction of sp³-hybridized carbons (Fsp3) is 0.176. The summed E-state index contributed by atoms with van der Waals surface area (Å²) in [5.41, 5.74) is 2.59. The summed E-state index contributed by atoms with van der Waals surface area (Å²) in [6, 6.07) is 8.77. The van der Waals surface area contributed by atoms with Crippen LogP contribution in [-0.2, 0) is 16.6 Å². The molecule has 0 atom stereocenters. The summed E-state index contributed by atoms with van der Waals surface area (Å²) in [6.45, 7) is 1.95. The first-order valence-electron chi connectivity index (χ1n) is 7.49. The number of ether oxygens (including phenoxy) is 1. The van der Waals surface area contributed by atoms with Gasteiger partial charge in [0.05, 0.1) is 19.3 Å². The van der Waals surface area contributed by atoms with Crippen molar-refractivity contribution in [2.45, 2.75) is 18.4 Å². The van der Waals surface area contributed by atoms with Crippen molar-refractivity contribution in [1.29, 1.82) is 0 Å². The average molecular weight is 375 g/mol. The molecule has 2 heterocycles. The molecular formula is C17H17N3O3S2. The zero-order chi connectivity index (χ0) is 17.9. The lowest BCUT2D eigenvalue weighted by Crippen LogP contribution is -2.23. The topological polar surface area (TPSA) is 81.2 Å². The minimum Gasteiger partial charge on any atom is -0.495 e. The summed E-state index contributed by atoms with van der Waals surface area (Å²) in [5.74, 6) is 0.315. The van der Waals surface area contributed by atoms with Crippen molar-refractivity contribution in [1.82, 2.24) is 14.7 Å². The Kier molecular flexibility index (Phi) is 5.12. The van der Waals surface area contributed by atoms with E-state index in [9.17, 15) is 8.42 Å². The number of pyridine rings is 1. The molecule has 3 rings (SSSR count). The first-order valence-corrected chi connectivity index (χ1v) is 9.85. The quantitative estimate of drug-likeness (QED) is 0.716. The number of aryl methyl sites for hydroxylation is 1. The minimum atomic E-state index is -3.70. The van der Waals surface area contributed by atoms with Gasteiger partial charge in [-0.25, -0.2) is 18.1 Å². The van der Waals surface area contributed by atoms with Gasteiger partial charge in [0.15, 0.2) is 0 Å². The fourth-order valence-corrected chi connectivity index (χ4v) is 4.35. The molecule has 0 amide bonds. The Bertz CT molecular complexity index is 970. The highest BCUT2D eigenvalue weighted by Crippen LogP contribution is 2.25. The van der Waals surface area contributed by atoms with Gasteiger partial charge >= 0.3 is 0 Å². The molecule has 0 aliphatic rings. The van der Waals surface area contributed by atoms with Crippen LogP contribution in [0.2, 0.25) is 0 Å². The van der Waals surface area contributed by atoms with Crippen molar-refractivity contribution in [3.05, 3.63) is 58.7 Å². The molecule has 0 aliphatic carbocycles. The fourth-order valence-electron chi connectivity index (χ4n) is 2.28. The zero-order valence-corrected chi connectivity index (χ0v) is 15.4. The van der Waals surface area contributed by atoms with Gasteiger partial charge < -0.3 is 4.74 Å². The zero-order valence-electron chi connectivity index (χ0n) is 13.8. The number of sulfonamides is 1. The van der Waals surface area contributed by atoms with Gasteiger partial charge in [0.25, 0.3) is 0 Å². The predicted molar refractivity (Wildman–Crippen MR) is 97.1 cm³/mol.